The fourth-order valence-corrected chi connectivity index (χ4v) is 1.42. The third-order valence-corrected chi connectivity index (χ3v) is 2.41. The van der Waals surface area contributed by atoms with Crippen LogP contribution in [0.25, 0.3) is 0 Å². The largest absolute Gasteiger partial charge is 0.397 e. The van der Waals surface area contributed by atoms with Gasteiger partial charge in [0.1, 0.15) is 0 Å². The summed E-state index contributed by atoms with van der Waals surface area (Å²) in [4.78, 5) is 22.3. The molecule has 0 radical (unpaired) electrons. The van der Waals surface area contributed by atoms with Gasteiger partial charge in [0.15, 0.2) is 0 Å². The first-order valence-corrected chi connectivity index (χ1v) is 5.46. The summed E-state index contributed by atoms with van der Waals surface area (Å²) in [5.74, 6) is -0.447. The zero-order valence-electron chi connectivity index (χ0n) is 9.42. The zero-order chi connectivity index (χ0) is 12.8. The van der Waals surface area contributed by atoms with Gasteiger partial charge in [0, 0.05) is 20.0 Å². The molecule has 0 unspecified atom stereocenters. The molecule has 0 aliphatic rings. The molecule has 0 spiro atoms. The molecule has 1 aromatic carbocycles. The minimum Gasteiger partial charge on any atom is -0.397 e. The predicted octanol–water partition coefficient (Wildman–Crippen LogP) is 0.788. The Balaban J connectivity index is 2.53. The van der Waals surface area contributed by atoms with Crippen LogP contribution < -0.4 is 16.4 Å². The highest BCUT2D eigenvalue weighted by molar-refractivity contribution is 6.33. The van der Waals surface area contributed by atoms with Crippen molar-refractivity contribution in [3.63, 3.8) is 0 Å². The van der Waals surface area contributed by atoms with E-state index >= 15 is 0 Å². The molecule has 0 bridgehead atoms. The average molecular weight is 256 g/mol. The molecule has 2 amide bonds. The normalized spacial score (nSPS) is 9.76. The molecular weight excluding hydrogens is 242 g/mol. The van der Waals surface area contributed by atoms with Crippen LogP contribution in [0.3, 0.4) is 0 Å². The van der Waals surface area contributed by atoms with Gasteiger partial charge in [0.2, 0.25) is 5.91 Å². The number of benzene rings is 1. The van der Waals surface area contributed by atoms with E-state index in [1.807, 2.05) is 0 Å². The number of halogens is 1. The van der Waals surface area contributed by atoms with Gasteiger partial charge >= 0.3 is 0 Å². The molecule has 0 saturated carbocycles. The summed E-state index contributed by atoms with van der Waals surface area (Å²) in [6, 6.07) is 4.86. The van der Waals surface area contributed by atoms with Gasteiger partial charge in [0.05, 0.1) is 16.3 Å². The Morgan fingerprint density at radius 2 is 1.94 bits per heavy atom. The molecule has 0 heterocycles. The summed E-state index contributed by atoms with van der Waals surface area (Å²) in [5.41, 5.74) is 6.26. The minimum atomic E-state index is -0.310. The van der Waals surface area contributed by atoms with Crippen molar-refractivity contribution < 1.29 is 9.59 Å². The van der Waals surface area contributed by atoms with Gasteiger partial charge in [-0.3, -0.25) is 9.59 Å². The summed E-state index contributed by atoms with van der Waals surface area (Å²) >= 11 is 5.80. The van der Waals surface area contributed by atoms with Gasteiger partial charge in [-0.25, -0.2) is 0 Å². The molecule has 6 heteroatoms. The Morgan fingerprint density at radius 3 is 2.59 bits per heavy atom. The van der Waals surface area contributed by atoms with E-state index in [2.05, 4.69) is 10.6 Å². The Morgan fingerprint density at radius 1 is 1.29 bits per heavy atom. The van der Waals surface area contributed by atoms with Crippen molar-refractivity contribution in [2.24, 2.45) is 0 Å². The predicted molar refractivity (Wildman–Crippen MR) is 66.9 cm³/mol. The number of rotatable bonds is 4. The molecule has 0 aromatic heterocycles. The number of carbonyl (C=O) groups is 2. The molecule has 0 fully saturated rings. The Hall–Kier alpha value is -1.75. The van der Waals surface area contributed by atoms with Crippen molar-refractivity contribution in [2.45, 2.75) is 6.92 Å². The van der Waals surface area contributed by atoms with E-state index in [1.165, 1.54) is 6.92 Å². The standard InChI is InChI=1S/C11H14ClN3O2/c1-7(16)14-5-6-15-11(17)8-3-2-4-9(12)10(8)13/h2-4H,5-6,13H2,1H3,(H,14,16)(H,15,17). The molecule has 1 aromatic rings. The van der Waals surface area contributed by atoms with Gasteiger partial charge in [-0.05, 0) is 12.1 Å². The summed E-state index contributed by atoms with van der Waals surface area (Å²) in [6.45, 7) is 2.13. The van der Waals surface area contributed by atoms with Crippen molar-refractivity contribution in [3.8, 4) is 0 Å². The number of anilines is 1. The number of para-hydroxylation sites is 1. The van der Waals surface area contributed by atoms with Crippen molar-refractivity contribution in [3.05, 3.63) is 28.8 Å². The number of nitrogen functional groups attached to an aromatic ring is 1. The van der Waals surface area contributed by atoms with Crippen LogP contribution in [0.5, 0.6) is 0 Å². The molecule has 0 atom stereocenters. The number of hydrogen-bond acceptors (Lipinski definition) is 3. The third-order valence-electron chi connectivity index (χ3n) is 2.08. The fraction of sp³-hybridized carbons (Fsp3) is 0.273. The highest BCUT2D eigenvalue weighted by Crippen LogP contribution is 2.21. The van der Waals surface area contributed by atoms with Crippen LogP contribution in [0.1, 0.15) is 17.3 Å². The van der Waals surface area contributed by atoms with Gasteiger partial charge in [-0.1, -0.05) is 17.7 Å². The third kappa shape index (κ3) is 3.96. The van der Waals surface area contributed by atoms with E-state index in [0.717, 1.165) is 0 Å². The SMILES string of the molecule is CC(=O)NCCNC(=O)c1cccc(Cl)c1N. The van der Waals surface area contributed by atoms with Crippen molar-refractivity contribution in [2.75, 3.05) is 18.8 Å². The summed E-state index contributed by atoms with van der Waals surface area (Å²) < 4.78 is 0. The molecular formula is C11H14ClN3O2. The smallest absolute Gasteiger partial charge is 0.253 e. The maximum absolute atomic E-state index is 11.7. The van der Waals surface area contributed by atoms with Gasteiger partial charge < -0.3 is 16.4 Å². The number of amides is 2. The van der Waals surface area contributed by atoms with Crippen LogP contribution in [-0.4, -0.2) is 24.9 Å². The lowest BCUT2D eigenvalue weighted by Crippen LogP contribution is -2.33. The lowest BCUT2D eigenvalue weighted by Gasteiger charge is -2.08. The van der Waals surface area contributed by atoms with Crippen molar-refractivity contribution in [1.82, 2.24) is 10.6 Å². The van der Waals surface area contributed by atoms with Crippen molar-refractivity contribution in [1.29, 1.82) is 0 Å². The van der Waals surface area contributed by atoms with Gasteiger partial charge in [-0.2, -0.15) is 0 Å². The monoisotopic (exact) mass is 255 g/mol. The highest BCUT2D eigenvalue weighted by atomic mass is 35.5. The van der Waals surface area contributed by atoms with E-state index in [1.54, 1.807) is 18.2 Å². The molecule has 5 nitrogen and oxygen atoms in total. The molecule has 0 saturated heterocycles. The van der Waals surface area contributed by atoms with Crippen molar-refractivity contribution >= 4 is 29.1 Å². The van der Waals surface area contributed by atoms with Crippen LogP contribution in [0.4, 0.5) is 5.69 Å². The zero-order valence-corrected chi connectivity index (χ0v) is 10.2. The van der Waals surface area contributed by atoms with Crippen LogP contribution in [0.2, 0.25) is 5.02 Å². The lowest BCUT2D eigenvalue weighted by atomic mass is 10.1. The second kappa shape index (κ2) is 6.10. The fourth-order valence-electron chi connectivity index (χ4n) is 1.24. The van der Waals surface area contributed by atoms with Crippen LogP contribution >= 0.6 is 11.6 Å². The number of hydrogen-bond donors (Lipinski definition) is 3. The number of nitrogens with two attached hydrogens (primary N) is 1. The average Bonchev–Trinajstić information content (AvgIpc) is 2.27. The Labute approximate surface area is 104 Å². The molecule has 0 aliphatic carbocycles. The first-order chi connectivity index (χ1) is 8.02. The van der Waals surface area contributed by atoms with Gasteiger partial charge in [0.25, 0.3) is 5.91 Å². The Bertz CT molecular complexity index is 435. The number of nitrogens with one attached hydrogen (secondary N) is 2. The Kier molecular flexibility index (Phi) is 4.78. The van der Waals surface area contributed by atoms with Gasteiger partial charge in [-0.15, -0.1) is 0 Å². The second-order valence-electron chi connectivity index (χ2n) is 3.44. The summed E-state index contributed by atoms with van der Waals surface area (Å²) in [5, 5.41) is 5.54. The highest BCUT2D eigenvalue weighted by Gasteiger charge is 2.10. The molecule has 1 rings (SSSR count). The lowest BCUT2D eigenvalue weighted by molar-refractivity contribution is -0.118. The quantitative estimate of drug-likeness (QED) is 0.549. The maximum Gasteiger partial charge on any atom is 0.253 e. The molecule has 92 valence electrons. The van der Waals surface area contributed by atoms with E-state index < -0.39 is 0 Å². The second-order valence-corrected chi connectivity index (χ2v) is 3.85. The topological polar surface area (TPSA) is 84.2 Å². The van der Waals surface area contributed by atoms with E-state index in [-0.39, 0.29) is 17.5 Å². The first-order valence-electron chi connectivity index (χ1n) is 5.09. The molecule has 4 N–H and O–H groups in total. The van der Waals surface area contributed by atoms with Crippen LogP contribution in [-0.2, 0) is 4.79 Å². The van der Waals surface area contributed by atoms with Crippen LogP contribution in [0, 0.1) is 0 Å². The summed E-state index contributed by atoms with van der Waals surface area (Å²) in [7, 11) is 0. The molecule has 0 aliphatic heterocycles. The molecule has 17 heavy (non-hydrogen) atoms. The van der Waals surface area contributed by atoms with Crippen LogP contribution in [0.15, 0.2) is 18.2 Å². The number of carbonyl (C=O) groups excluding carboxylic acids is 2. The van der Waals surface area contributed by atoms with E-state index in [4.69, 9.17) is 17.3 Å². The van der Waals surface area contributed by atoms with E-state index in [9.17, 15) is 9.59 Å². The minimum absolute atomic E-state index is 0.137. The maximum atomic E-state index is 11.7. The van der Waals surface area contributed by atoms with E-state index in [0.29, 0.717) is 23.7 Å². The summed E-state index contributed by atoms with van der Waals surface area (Å²) in [6.07, 6.45) is 0. The first kappa shape index (κ1) is 13.3.